The smallest absolute Gasteiger partial charge is 0.219 e. The highest BCUT2D eigenvalue weighted by molar-refractivity contribution is 6.69. The molecule has 0 heterocycles. The largest absolute Gasteiger partial charge is 0.432 e. The van der Waals surface area contributed by atoms with Crippen molar-refractivity contribution in [2.75, 3.05) is 6.54 Å². The lowest BCUT2D eigenvalue weighted by atomic mass is 10.1. The maximum atomic E-state index is 11.5. The van der Waals surface area contributed by atoms with Crippen molar-refractivity contribution in [1.29, 1.82) is 0 Å². The minimum Gasteiger partial charge on any atom is -0.432 e. The summed E-state index contributed by atoms with van der Waals surface area (Å²) in [5.41, 5.74) is 0. The predicted molar refractivity (Wildman–Crippen MR) is 84.7 cm³/mol. The van der Waals surface area contributed by atoms with Crippen LogP contribution in [0.5, 0.6) is 0 Å². The van der Waals surface area contributed by atoms with Crippen LogP contribution in [0.2, 0.25) is 19.1 Å². The van der Waals surface area contributed by atoms with Gasteiger partial charge in [0.2, 0.25) is 5.91 Å². The van der Waals surface area contributed by atoms with Gasteiger partial charge in [0.25, 0.3) is 0 Å². The molecule has 0 aromatic rings. The molecule has 0 fully saturated rings. The number of hydrogen-bond donors (Lipinski definition) is 2. The standard InChI is InChI=1S/C15H33NO2Si/c1-4-5-6-7-8-9-10-12-15(17)16-13-11-14-19(2,3)18/h18H,4-14H2,1-3H3,(H,16,17). The second-order valence-corrected chi connectivity index (χ2v) is 10.3. The number of carbonyl (C=O) groups is 1. The van der Waals surface area contributed by atoms with Gasteiger partial charge in [0, 0.05) is 13.0 Å². The van der Waals surface area contributed by atoms with Crippen molar-refractivity contribution in [3.63, 3.8) is 0 Å². The van der Waals surface area contributed by atoms with E-state index in [1.54, 1.807) is 0 Å². The molecule has 2 N–H and O–H groups in total. The minimum atomic E-state index is -1.93. The Balaban J connectivity index is 3.26. The number of rotatable bonds is 12. The highest BCUT2D eigenvalue weighted by Gasteiger charge is 2.15. The number of hydrogen-bond acceptors (Lipinski definition) is 2. The zero-order chi connectivity index (χ0) is 14.6. The molecule has 114 valence electrons. The van der Waals surface area contributed by atoms with Crippen molar-refractivity contribution in [3.05, 3.63) is 0 Å². The number of amides is 1. The van der Waals surface area contributed by atoms with Gasteiger partial charge in [-0.2, -0.15) is 0 Å². The lowest BCUT2D eigenvalue weighted by Crippen LogP contribution is -2.29. The van der Waals surface area contributed by atoms with Gasteiger partial charge in [-0.25, -0.2) is 0 Å². The van der Waals surface area contributed by atoms with E-state index in [9.17, 15) is 9.59 Å². The third-order valence-electron chi connectivity index (χ3n) is 3.29. The topological polar surface area (TPSA) is 49.3 Å². The van der Waals surface area contributed by atoms with Crippen LogP contribution in [0.1, 0.15) is 64.7 Å². The highest BCUT2D eigenvalue weighted by atomic mass is 28.4. The third kappa shape index (κ3) is 15.6. The first-order chi connectivity index (χ1) is 8.95. The maximum absolute atomic E-state index is 11.5. The number of nitrogens with one attached hydrogen (secondary N) is 1. The summed E-state index contributed by atoms with van der Waals surface area (Å²) in [5, 5.41) is 2.94. The number of carbonyl (C=O) groups excluding carboxylic acids is 1. The second kappa shape index (κ2) is 11.5. The van der Waals surface area contributed by atoms with E-state index in [-0.39, 0.29) is 5.91 Å². The van der Waals surface area contributed by atoms with E-state index in [0.717, 1.165) is 18.9 Å². The van der Waals surface area contributed by atoms with E-state index in [1.807, 2.05) is 13.1 Å². The van der Waals surface area contributed by atoms with Gasteiger partial charge < -0.3 is 10.1 Å². The number of unbranched alkanes of at least 4 members (excludes halogenated alkanes) is 6. The van der Waals surface area contributed by atoms with Crippen molar-refractivity contribution in [2.45, 2.75) is 83.8 Å². The Morgan fingerprint density at radius 3 is 2.16 bits per heavy atom. The zero-order valence-electron chi connectivity index (χ0n) is 13.1. The Labute approximate surface area is 120 Å². The van der Waals surface area contributed by atoms with Crippen LogP contribution in [0.4, 0.5) is 0 Å². The second-order valence-electron chi connectivity index (χ2n) is 6.14. The van der Waals surface area contributed by atoms with Crippen LogP contribution in [-0.4, -0.2) is 25.6 Å². The minimum absolute atomic E-state index is 0.172. The molecule has 0 aliphatic carbocycles. The van der Waals surface area contributed by atoms with Crippen LogP contribution in [0, 0.1) is 0 Å². The van der Waals surface area contributed by atoms with Crippen molar-refractivity contribution in [1.82, 2.24) is 5.32 Å². The molecule has 19 heavy (non-hydrogen) atoms. The molecule has 0 rings (SSSR count). The van der Waals surface area contributed by atoms with E-state index >= 15 is 0 Å². The molecule has 0 aliphatic heterocycles. The predicted octanol–water partition coefficient (Wildman–Crippen LogP) is 3.83. The first-order valence-electron chi connectivity index (χ1n) is 7.95. The fourth-order valence-electron chi connectivity index (χ4n) is 2.08. The van der Waals surface area contributed by atoms with Gasteiger partial charge in [-0.1, -0.05) is 45.4 Å². The van der Waals surface area contributed by atoms with E-state index < -0.39 is 8.32 Å². The SMILES string of the molecule is CCCCCCCCCC(=O)NCCC[Si](C)(C)O. The summed E-state index contributed by atoms with van der Waals surface area (Å²) in [6.07, 6.45) is 10.3. The Hall–Kier alpha value is -0.353. The van der Waals surface area contributed by atoms with Gasteiger partial charge in [0.1, 0.15) is 0 Å². The Bertz CT molecular complexity index is 227. The van der Waals surface area contributed by atoms with Crippen LogP contribution >= 0.6 is 0 Å². The zero-order valence-corrected chi connectivity index (χ0v) is 14.1. The normalized spacial score (nSPS) is 11.6. The Kier molecular flexibility index (Phi) is 11.3. The maximum Gasteiger partial charge on any atom is 0.219 e. The van der Waals surface area contributed by atoms with E-state index in [0.29, 0.717) is 13.0 Å². The monoisotopic (exact) mass is 287 g/mol. The molecule has 0 saturated heterocycles. The summed E-state index contributed by atoms with van der Waals surface area (Å²) in [6, 6.07) is 0.866. The van der Waals surface area contributed by atoms with Gasteiger partial charge in [-0.15, -0.1) is 0 Å². The highest BCUT2D eigenvalue weighted by Crippen LogP contribution is 2.09. The van der Waals surface area contributed by atoms with Gasteiger partial charge in [-0.05, 0) is 32.0 Å². The fourth-order valence-corrected chi connectivity index (χ4v) is 3.12. The molecule has 0 atom stereocenters. The van der Waals surface area contributed by atoms with Gasteiger partial charge in [-0.3, -0.25) is 4.79 Å². The summed E-state index contributed by atoms with van der Waals surface area (Å²) in [4.78, 5) is 21.2. The molecule has 0 bridgehead atoms. The molecule has 0 saturated carbocycles. The van der Waals surface area contributed by atoms with Crippen molar-refractivity contribution < 1.29 is 9.59 Å². The average Bonchev–Trinajstić information content (AvgIpc) is 2.32. The molecule has 1 amide bonds. The molecular weight excluding hydrogens is 254 g/mol. The molecular formula is C15H33NO2Si. The van der Waals surface area contributed by atoms with Gasteiger partial charge in [0.05, 0.1) is 0 Å². The first kappa shape index (κ1) is 18.6. The first-order valence-corrected chi connectivity index (χ1v) is 11.1. The lowest BCUT2D eigenvalue weighted by Gasteiger charge is -2.13. The van der Waals surface area contributed by atoms with Crippen molar-refractivity contribution in [3.8, 4) is 0 Å². The molecule has 0 unspecified atom stereocenters. The van der Waals surface area contributed by atoms with Crippen LogP contribution in [0.3, 0.4) is 0 Å². The molecule has 0 aliphatic rings. The molecule has 0 aromatic heterocycles. The lowest BCUT2D eigenvalue weighted by molar-refractivity contribution is -0.121. The van der Waals surface area contributed by atoms with Gasteiger partial charge >= 0.3 is 0 Å². The quantitative estimate of drug-likeness (QED) is 0.423. The van der Waals surface area contributed by atoms with Crippen LogP contribution in [-0.2, 0) is 4.79 Å². The van der Waals surface area contributed by atoms with Crippen molar-refractivity contribution in [2.24, 2.45) is 0 Å². The average molecular weight is 288 g/mol. The molecule has 0 radical (unpaired) electrons. The van der Waals surface area contributed by atoms with Gasteiger partial charge in [0.15, 0.2) is 8.32 Å². The summed E-state index contributed by atoms with van der Waals surface area (Å²) in [5.74, 6) is 0.172. The van der Waals surface area contributed by atoms with E-state index in [4.69, 9.17) is 0 Å². The molecule has 3 nitrogen and oxygen atoms in total. The summed E-state index contributed by atoms with van der Waals surface area (Å²) >= 11 is 0. The third-order valence-corrected chi connectivity index (χ3v) is 4.87. The fraction of sp³-hybridized carbons (Fsp3) is 0.933. The van der Waals surface area contributed by atoms with Crippen LogP contribution < -0.4 is 5.32 Å². The molecule has 0 spiro atoms. The van der Waals surface area contributed by atoms with E-state index in [2.05, 4.69) is 12.2 Å². The summed E-state index contributed by atoms with van der Waals surface area (Å²) in [7, 11) is -1.93. The molecule has 4 heteroatoms. The Morgan fingerprint density at radius 1 is 1.00 bits per heavy atom. The Morgan fingerprint density at radius 2 is 1.58 bits per heavy atom. The van der Waals surface area contributed by atoms with E-state index in [1.165, 1.54) is 38.5 Å². The summed E-state index contributed by atoms with van der Waals surface area (Å²) < 4.78 is 0. The van der Waals surface area contributed by atoms with Crippen molar-refractivity contribution >= 4 is 14.2 Å². The van der Waals surface area contributed by atoms with Crippen LogP contribution in [0.25, 0.3) is 0 Å². The molecule has 0 aromatic carbocycles. The summed E-state index contributed by atoms with van der Waals surface area (Å²) in [6.45, 7) is 6.82. The van der Waals surface area contributed by atoms with Crippen LogP contribution in [0.15, 0.2) is 0 Å².